The first kappa shape index (κ1) is 20.9. The zero-order valence-electron chi connectivity index (χ0n) is 18.7. The Morgan fingerprint density at radius 2 is 1.63 bits per heavy atom. The summed E-state index contributed by atoms with van der Waals surface area (Å²) < 4.78 is 5.74. The van der Waals surface area contributed by atoms with Gasteiger partial charge in [-0.05, 0) is 69.3 Å². The van der Waals surface area contributed by atoms with E-state index in [0.29, 0.717) is 30.8 Å². The summed E-state index contributed by atoms with van der Waals surface area (Å²) in [6.45, 7) is 9.04. The third-order valence-corrected chi connectivity index (χ3v) is 6.47. The molecule has 2 fully saturated rings. The summed E-state index contributed by atoms with van der Waals surface area (Å²) in [6.07, 6.45) is 1.85. The molecule has 2 bridgehead atoms. The number of rotatable bonds is 7. The average molecular weight is 407 g/mol. The number of aryl methyl sites for hydroxylation is 1. The van der Waals surface area contributed by atoms with E-state index in [1.54, 1.807) is 0 Å². The number of carbonyl (C=O) groups excluding carboxylic acids is 1. The smallest absolute Gasteiger partial charge is 0.227 e. The first-order chi connectivity index (χ1) is 14.4. The van der Waals surface area contributed by atoms with Crippen molar-refractivity contribution in [3.05, 3.63) is 65.2 Å². The van der Waals surface area contributed by atoms with Crippen molar-refractivity contribution in [3.63, 3.8) is 0 Å². The van der Waals surface area contributed by atoms with E-state index in [1.165, 1.54) is 17.5 Å². The maximum Gasteiger partial charge on any atom is 0.227 e. The van der Waals surface area contributed by atoms with Crippen LogP contribution in [0.15, 0.2) is 48.5 Å². The summed E-state index contributed by atoms with van der Waals surface area (Å²) in [7, 11) is 2.20. The number of piperidine rings is 2. The number of likely N-dealkylation sites (tertiary alicyclic amines) is 1. The SMILES string of the molecule is Cc1ccc(CN(C(=O)Cc2ccc(OC(C)C)cc2)[C@H]2[C@@H]3C[C@H]2CN(C)C3)cc1. The van der Waals surface area contributed by atoms with Gasteiger partial charge in [-0.1, -0.05) is 42.0 Å². The van der Waals surface area contributed by atoms with E-state index in [4.69, 9.17) is 4.74 Å². The van der Waals surface area contributed by atoms with Crippen molar-refractivity contribution in [2.24, 2.45) is 11.8 Å². The Morgan fingerprint density at radius 3 is 2.23 bits per heavy atom. The summed E-state index contributed by atoms with van der Waals surface area (Å²) in [6, 6.07) is 17.0. The molecule has 0 spiro atoms. The van der Waals surface area contributed by atoms with Gasteiger partial charge in [0, 0.05) is 25.7 Å². The van der Waals surface area contributed by atoms with Crippen molar-refractivity contribution in [2.45, 2.75) is 52.3 Å². The number of nitrogens with zero attached hydrogens (tertiary/aromatic N) is 2. The van der Waals surface area contributed by atoms with Gasteiger partial charge in [0.05, 0.1) is 12.5 Å². The normalized spacial score (nSPS) is 23.2. The molecule has 2 aromatic rings. The molecule has 3 atom stereocenters. The fraction of sp³-hybridized carbons (Fsp3) is 0.500. The highest BCUT2D eigenvalue weighted by Gasteiger charge is 2.49. The van der Waals surface area contributed by atoms with Gasteiger partial charge in [0.1, 0.15) is 5.75 Å². The molecule has 1 heterocycles. The lowest BCUT2D eigenvalue weighted by Gasteiger charge is -2.56. The van der Waals surface area contributed by atoms with Crippen LogP contribution in [0.3, 0.4) is 0 Å². The number of hydrogen-bond acceptors (Lipinski definition) is 3. The van der Waals surface area contributed by atoms with Crippen LogP contribution in [0, 0.1) is 18.8 Å². The molecule has 1 saturated heterocycles. The largest absolute Gasteiger partial charge is 0.491 e. The third-order valence-electron chi connectivity index (χ3n) is 6.47. The van der Waals surface area contributed by atoms with Crippen LogP contribution in [-0.4, -0.2) is 48.0 Å². The Labute approximate surface area is 180 Å². The highest BCUT2D eigenvalue weighted by atomic mass is 16.5. The summed E-state index contributed by atoms with van der Waals surface area (Å²) >= 11 is 0. The second-order valence-corrected chi connectivity index (χ2v) is 9.46. The lowest BCUT2D eigenvalue weighted by Crippen LogP contribution is -2.64. The van der Waals surface area contributed by atoms with Gasteiger partial charge in [-0.25, -0.2) is 0 Å². The van der Waals surface area contributed by atoms with Gasteiger partial charge in [0.25, 0.3) is 0 Å². The molecule has 4 heteroatoms. The summed E-state index contributed by atoms with van der Waals surface area (Å²) in [4.78, 5) is 18.1. The van der Waals surface area contributed by atoms with E-state index in [0.717, 1.165) is 24.4 Å². The first-order valence-electron chi connectivity index (χ1n) is 11.2. The lowest BCUT2D eigenvalue weighted by atomic mass is 9.65. The Kier molecular flexibility index (Phi) is 6.14. The van der Waals surface area contributed by atoms with Crippen LogP contribution in [0.2, 0.25) is 0 Å². The molecule has 1 amide bonds. The Bertz CT molecular complexity index is 848. The molecule has 1 saturated carbocycles. The molecular formula is C26H34N2O2. The maximum atomic E-state index is 13.5. The average Bonchev–Trinajstić information content (AvgIpc) is 2.70. The van der Waals surface area contributed by atoms with Gasteiger partial charge in [0.2, 0.25) is 5.91 Å². The number of amides is 1. The minimum absolute atomic E-state index is 0.152. The van der Waals surface area contributed by atoms with E-state index in [-0.39, 0.29) is 12.0 Å². The second-order valence-electron chi connectivity index (χ2n) is 9.46. The minimum atomic E-state index is 0.152. The summed E-state index contributed by atoms with van der Waals surface area (Å²) in [5.41, 5.74) is 3.52. The predicted octanol–water partition coefficient (Wildman–Crippen LogP) is 4.30. The summed E-state index contributed by atoms with van der Waals surface area (Å²) in [5.74, 6) is 2.29. The maximum absolute atomic E-state index is 13.5. The van der Waals surface area contributed by atoms with Gasteiger partial charge < -0.3 is 14.5 Å². The molecule has 2 aliphatic rings. The molecule has 0 radical (unpaired) electrons. The van der Waals surface area contributed by atoms with Crippen LogP contribution in [0.1, 0.15) is 37.0 Å². The molecule has 2 aromatic carbocycles. The Balaban J connectivity index is 1.50. The molecule has 4 nitrogen and oxygen atoms in total. The van der Waals surface area contributed by atoms with Crippen molar-refractivity contribution in [2.75, 3.05) is 20.1 Å². The quantitative estimate of drug-likeness (QED) is 0.687. The van der Waals surface area contributed by atoms with Crippen molar-refractivity contribution in [3.8, 4) is 5.75 Å². The molecule has 1 aliphatic heterocycles. The van der Waals surface area contributed by atoms with Gasteiger partial charge in [-0.15, -0.1) is 0 Å². The van der Waals surface area contributed by atoms with Gasteiger partial charge in [-0.3, -0.25) is 4.79 Å². The standard InChI is InChI=1S/C26H34N2O2/c1-18(2)30-24-11-9-20(10-12-24)13-25(29)28(15-21-7-5-19(3)6-8-21)26-22-14-23(26)17-27(4)16-22/h5-12,18,22-23,26H,13-17H2,1-4H3/t22-,23+,26+. The molecule has 0 aromatic heterocycles. The zero-order chi connectivity index (χ0) is 21.3. The predicted molar refractivity (Wildman–Crippen MR) is 121 cm³/mol. The molecule has 30 heavy (non-hydrogen) atoms. The number of hydrogen-bond donors (Lipinski definition) is 0. The van der Waals surface area contributed by atoms with Gasteiger partial charge in [-0.2, -0.15) is 0 Å². The fourth-order valence-electron chi connectivity index (χ4n) is 5.09. The van der Waals surface area contributed by atoms with Crippen LogP contribution < -0.4 is 4.74 Å². The monoisotopic (exact) mass is 406 g/mol. The van der Waals surface area contributed by atoms with Crippen molar-refractivity contribution >= 4 is 5.91 Å². The molecule has 0 unspecified atom stereocenters. The molecule has 0 N–H and O–H groups in total. The van der Waals surface area contributed by atoms with E-state index in [2.05, 4.69) is 48.0 Å². The highest BCUT2D eigenvalue weighted by Crippen LogP contribution is 2.43. The van der Waals surface area contributed by atoms with Crippen LogP contribution >= 0.6 is 0 Å². The van der Waals surface area contributed by atoms with Crippen LogP contribution in [-0.2, 0) is 17.8 Å². The van der Waals surface area contributed by atoms with E-state index < -0.39 is 0 Å². The number of carbonyl (C=O) groups is 1. The number of benzene rings is 2. The van der Waals surface area contributed by atoms with Crippen molar-refractivity contribution in [1.29, 1.82) is 0 Å². The fourth-order valence-corrected chi connectivity index (χ4v) is 5.09. The molecule has 160 valence electrons. The Morgan fingerprint density at radius 1 is 1.03 bits per heavy atom. The highest BCUT2D eigenvalue weighted by molar-refractivity contribution is 5.79. The van der Waals surface area contributed by atoms with Crippen molar-refractivity contribution < 1.29 is 9.53 Å². The molecule has 4 rings (SSSR count). The summed E-state index contributed by atoms with van der Waals surface area (Å²) in [5, 5.41) is 0. The number of ether oxygens (including phenoxy) is 1. The van der Waals surface area contributed by atoms with E-state index in [1.807, 2.05) is 38.1 Å². The van der Waals surface area contributed by atoms with Crippen LogP contribution in [0.25, 0.3) is 0 Å². The van der Waals surface area contributed by atoms with Crippen LogP contribution in [0.5, 0.6) is 5.75 Å². The topological polar surface area (TPSA) is 32.8 Å². The first-order valence-corrected chi connectivity index (χ1v) is 11.2. The molecule has 1 aliphatic carbocycles. The lowest BCUT2D eigenvalue weighted by molar-refractivity contribution is -0.146. The second kappa shape index (κ2) is 8.81. The van der Waals surface area contributed by atoms with Gasteiger partial charge >= 0.3 is 0 Å². The van der Waals surface area contributed by atoms with E-state index in [9.17, 15) is 4.79 Å². The zero-order valence-corrected chi connectivity index (χ0v) is 18.7. The third kappa shape index (κ3) is 4.70. The Hall–Kier alpha value is -2.33. The number of fused-ring (bicyclic) bond motifs is 2. The van der Waals surface area contributed by atoms with Crippen LogP contribution in [0.4, 0.5) is 0 Å². The van der Waals surface area contributed by atoms with E-state index >= 15 is 0 Å². The molecular weight excluding hydrogens is 372 g/mol. The minimum Gasteiger partial charge on any atom is -0.491 e. The van der Waals surface area contributed by atoms with Crippen molar-refractivity contribution in [1.82, 2.24) is 9.80 Å². The van der Waals surface area contributed by atoms with Gasteiger partial charge in [0.15, 0.2) is 0 Å².